The highest BCUT2D eigenvalue weighted by molar-refractivity contribution is 7.06. The molecule has 1 fully saturated rings. The lowest BCUT2D eigenvalue weighted by atomic mass is 10.3. The van der Waals surface area contributed by atoms with E-state index in [1.807, 2.05) is 0 Å². The topological polar surface area (TPSA) is 39.2 Å². The Morgan fingerprint density at radius 2 is 2.38 bits per heavy atom. The molecule has 0 radical (unpaired) electrons. The lowest BCUT2D eigenvalue weighted by Gasteiger charge is -1.94. The van der Waals surface area contributed by atoms with Gasteiger partial charge in [0.15, 0.2) is 5.69 Å². The van der Waals surface area contributed by atoms with Crippen LogP contribution in [0.2, 0.25) is 5.02 Å². The van der Waals surface area contributed by atoms with E-state index in [2.05, 4.69) is 9.11 Å². The van der Waals surface area contributed by atoms with Gasteiger partial charge in [0.25, 0.3) is 0 Å². The summed E-state index contributed by atoms with van der Waals surface area (Å²) in [6.07, 6.45) is 2.31. The summed E-state index contributed by atoms with van der Waals surface area (Å²) in [5.41, 5.74) is 0.260. The normalized spacial score (nSPS) is 15.8. The van der Waals surface area contributed by atoms with Crippen LogP contribution in [0.3, 0.4) is 0 Å². The maximum atomic E-state index is 11.1. The van der Waals surface area contributed by atoms with E-state index in [-0.39, 0.29) is 5.69 Å². The predicted octanol–water partition coefficient (Wildman–Crippen LogP) is 2.46. The number of aromatic nitrogens is 1. The largest absolute Gasteiger partial charge is 0.464 e. The van der Waals surface area contributed by atoms with Crippen molar-refractivity contribution in [2.45, 2.75) is 18.8 Å². The van der Waals surface area contributed by atoms with Crippen molar-refractivity contribution in [2.75, 3.05) is 7.11 Å². The highest BCUT2D eigenvalue weighted by Gasteiger charge is 2.31. The summed E-state index contributed by atoms with van der Waals surface area (Å²) in [4.78, 5) is 12.2. The fourth-order valence-electron chi connectivity index (χ4n) is 1.11. The van der Waals surface area contributed by atoms with Crippen LogP contribution >= 0.6 is 23.1 Å². The molecule has 0 spiro atoms. The quantitative estimate of drug-likeness (QED) is 0.715. The summed E-state index contributed by atoms with van der Waals surface area (Å²) in [7, 11) is 1.33. The van der Waals surface area contributed by atoms with E-state index in [0.29, 0.717) is 10.9 Å². The Labute approximate surface area is 84.8 Å². The second-order valence-electron chi connectivity index (χ2n) is 2.98. The third kappa shape index (κ3) is 1.56. The zero-order chi connectivity index (χ0) is 9.42. The Bertz CT molecular complexity index is 346. The van der Waals surface area contributed by atoms with Gasteiger partial charge in [-0.15, -0.1) is 0 Å². The number of esters is 1. The van der Waals surface area contributed by atoms with Crippen LogP contribution in [0.5, 0.6) is 0 Å². The maximum absolute atomic E-state index is 11.1. The van der Waals surface area contributed by atoms with E-state index in [4.69, 9.17) is 11.6 Å². The van der Waals surface area contributed by atoms with Crippen molar-refractivity contribution >= 4 is 29.1 Å². The van der Waals surface area contributed by atoms with E-state index in [1.165, 1.54) is 18.6 Å². The van der Waals surface area contributed by atoms with Crippen LogP contribution in [0, 0.1) is 0 Å². The van der Waals surface area contributed by atoms with Crippen LogP contribution in [-0.4, -0.2) is 17.5 Å². The summed E-state index contributed by atoms with van der Waals surface area (Å²) in [5, 5.41) is 0.486. The monoisotopic (exact) mass is 217 g/mol. The van der Waals surface area contributed by atoms with Gasteiger partial charge in [0, 0.05) is 4.88 Å². The molecular formula is C8H8ClNO2S. The molecule has 70 valence electrons. The lowest BCUT2D eigenvalue weighted by Crippen LogP contribution is -2.01. The molecule has 0 aliphatic heterocycles. The molecule has 13 heavy (non-hydrogen) atoms. The van der Waals surface area contributed by atoms with E-state index >= 15 is 0 Å². The Kier molecular flexibility index (Phi) is 2.26. The van der Waals surface area contributed by atoms with Gasteiger partial charge in [-0.3, -0.25) is 0 Å². The standard InChI is InChI=1S/C8H8ClNO2S/c1-12-8(11)6-5(9)7(13-10-6)4-2-3-4/h4H,2-3H2,1H3. The number of methoxy groups -OCH3 is 1. The van der Waals surface area contributed by atoms with Crippen molar-refractivity contribution in [3.63, 3.8) is 0 Å². The number of carbonyl (C=O) groups excluding carboxylic acids is 1. The minimum Gasteiger partial charge on any atom is -0.464 e. The molecule has 1 saturated carbocycles. The molecule has 0 saturated heterocycles. The summed E-state index contributed by atoms with van der Waals surface area (Å²) in [6, 6.07) is 0. The van der Waals surface area contributed by atoms with E-state index in [0.717, 1.165) is 17.7 Å². The van der Waals surface area contributed by atoms with Gasteiger partial charge in [0.05, 0.1) is 12.1 Å². The molecule has 0 aromatic carbocycles. The Hall–Kier alpha value is -0.610. The molecule has 2 rings (SSSR count). The average molecular weight is 218 g/mol. The molecule has 1 heterocycles. The minimum atomic E-state index is -0.451. The van der Waals surface area contributed by atoms with E-state index in [9.17, 15) is 4.79 Å². The number of rotatable bonds is 2. The summed E-state index contributed by atoms with van der Waals surface area (Å²) >= 11 is 7.29. The highest BCUT2D eigenvalue weighted by Crippen LogP contribution is 2.46. The van der Waals surface area contributed by atoms with Gasteiger partial charge >= 0.3 is 5.97 Å². The first-order chi connectivity index (χ1) is 6.24. The smallest absolute Gasteiger partial charge is 0.359 e. The fraction of sp³-hybridized carbons (Fsp3) is 0.500. The van der Waals surface area contributed by atoms with Crippen LogP contribution in [0.1, 0.15) is 34.1 Å². The van der Waals surface area contributed by atoms with Crippen molar-refractivity contribution in [1.82, 2.24) is 4.37 Å². The molecule has 1 aliphatic carbocycles. The zero-order valence-corrected chi connectivity index (χ0v) is 8.61. The predicted molar refractivity (Wildman–Crippen MR) is 50.4 cm³/mol. The van der Waals surface area contributed by atoms with Gasteiger partial charge in [0.2, 0.25) is 0 Å². The summed E-state index contributed by atoms with van der Waals surface area (Å²) < 4.78 is 8.53. The average Bonchev–Trinajstić information content (AvgIpc) is 2.90. The molecule has 1 aromatic rings. The van der Waals surface area contributed by atoms with E-state index in [1.54, 1.807) is 0 Å². The van der Waals surface area contributed by atoms with Gasteiger partial charge in [-0.2, -0.15) is 4.37 Å². The number of ether oxygens (including phenoxy) is 1. The van der Waals surface area contributed by atoms with Crippen molar-refractivity contribution in [3.05, 3.63) is 15.6 Å². The summed E-state index contributed by atoms with van der Waals surface area (Å²) in [5.74, 6) is 0.0801. The molecule has 0 unspecified atom stereocenters. The molecule has 5 heteroatoms. The Balaban J connectivity index is 2.32. The minimum absolute atomic E-state index is 0.260. The molecule has 0 atom stereocenters. The molecule has 1 aliphatic rings. The van der Waals surface area contributed by atoms with Gasteiger partial charge in [-0.05, 0) is 30.3 Å². The highest BCUT2D eigenvalue weighted by atomic mass is 35.5. The van der Waals surface area contributed by atoms with Gasteiger partial charge in [-0.1, -0.05) is 11.6 Å². The van der Waals surface area contributed by atoms with Gasteiger partial charge < -0.3 is 4.74 Å². The van der Waals surface area contributed by atoms with Gasteiger partial charge in [0.1, 0.15) is 0 Å². The zero-order valence-electron chi connectivity index (χ0n) is 7.04. The van der Waals surface area contributed by atoms with Crippen LogP contribution in [-0.2, 0) is 4.74 Å². The number of hydrogen-bond donors (Lipinski definition) is 0. The molecule has 0 bridgehead atoms. The van der Waals surface area contributed by atoms with E-state index < -0.39 is 5.97 Å². The Morgan fingerprint density at radius 3 is 2.92 bits per heavy atom. The molecule has 1 aromatic heterocycles. The van der Waals surface area contributed by atoms with Crippen molar-refractivity contribution in [1.29, 1.82) is 0 Å². The second kappa shape index (κ2) is 3.27. The van der Waals surface area contributed by atoms with Gasteiger partial charge in [-0.25, -0.2) is 4.79 Å². The molecule has 0 amide bonds. The summed E-state index contributed by atoms with van der Waals surface area (Å²) in [6.45, 7) is 0. The lowest BCUT2D eigenvalue weighted by molar-refractivity contribution is 0.0595. The van der Waals surface area contributed by atoms with Crippen LogP contribution < -0.4 is 0 Å². The number of carbonyl (C=O) groups is 1. The second-order valence-corrected chi connectivity index (χ2v) is 4.16. The van der Waals surface area contributed by atoms with Crippen molar-refractivity contribution in [3.8, 4) is 0 Å². The fourth-order valence-corrected chi connectivity index (χ4v) is 2.46. The first kappa shape index (κ1) is 8.97. The van der Waals surface area contributed by atoms with Crippen LogP contribution in [0.25, 0.3) is 0 Å². The number of hydrogen-bond acceptors (Lipinski definition) is 4. The third-order valence-corrected chi connectivity index (χ3v) is 3.49. The molecular weight excluding hydrogens is 210 g/mol. The van der Waals surface area contributed by atoms with Crippen LogP contribution in [0.15, 0.2) is 0 Å². The Morgan fingerprint density at radius 1 is 1.69 bits per heavy atom. The maximum Gasteiger partial charge on any atom is 0.359 e. The first-order valence-electron chi connectivity index (χ1n) is 3.97. The first-order valence-corrected chi connectivity index (χ1v) is 5.12. The number of halogens is 1. The van der Waals surface area contributed by atoms with Crippen molar-refractivity contribution in [2.24, 2.45) is 0 Å². The SMILES string of the molecule is COC(=O)c1nsc(C2CC2)c1Cl. The molecule has 0 N–H and O–H groups in total. The van der Waals surface area contributed by atoms with Crippen LogP contribution in [0.4, 0.5) is 0 Å². The molecule has 3 nitrogen and oxygen atoms in total. The van der Waals surface area contributed by atoms with Crippen molar-refractivity contribution < 1.29 is 9.53 Å². The number of nitrogens with zero attached hydrogens (tertiary/aromatic N) is 1. The third-order valence-electron chi connectivity index (χ3n) is 1.99.